The first kappa shape index (κ1) is 24.0. The van der Waals surface area contributed by atoms with E-state index in [2.05, 4.69) is 26.5 Å². The first-order chi connectivity index (χ1) is 15.1. The van der Waals surface area contributed by atoms with Crippen molar-refractivity contribution in [2.45, 2.75) is 25.7 Å². The summed E-state index contributed by atoms with van der Waals surface area (Å²) in [5.74, 6) is 0.493. The van der Waals surface area contributed by atoms with Crippen LogP contribution in [0, 0.1) is 20.8 Å². The maximum atomic E-state index is 13.4. The molecule has 0 saturated carbocycles. The first-order valence-corrected chi connectivity index (χ1v) is 12.1. The van der Waals surface area contributed by atoms with Gasteiger partial charge >= 0.3 is 0 Å². The van der Waals surface area contributed by atoms with Crippen molar-refractivity contribution in [2.75, 3.05) is 10.8 Å². The van der Waals surface area contributed by atoms with Crippen LogP contribution in [0.3, 0.4) is 0 Å². The Balaban J connectivity index is 1.88. The molecule has 168 valence electrons. The van der Waals surface area contributed by atoms with Crippen LogP contribution in [0.25, 0.3) is 0 Å². The van der Waals surface area contributed by atoms with Crippen LogP contribution in [0.5, 0.6) is 0 Å². The van der Waals surface area contributed by atoms with Crippen LogP contribution < -0.4 is 9.73 Å². The fourth-order valence-electron chi connectivity index (χ4n) is 2.91. The second-order valence-electron chi connectivity index (χ2n) is 7.10. The van der Waals surface area contributed by atoms with E-state index in [-0.39, 0.29) is 4.90 Å². The Kier molecular flexibility index (Phi) is 7.43. The molecule has 0 radical (unpaired) electrons. The molecule has 0 unspecified atom stereocenters. The van der Waals surface area contributed by atoms with Crippen molar-refractivity contribution in [1.82, 2.24) is 5.43 Å². The van der Waals surface area contributed by atoms with Gasteiger partial charge in [0.05, 0.1) is 21.3 Å². The Hall–Kier alpha value is -2.62. The van der Waals surface area contributed by atoms with Gasteiger partial charge in [0.25, 0.3) is 15.9 Å². The molecule has 0 aliphatic rings. The fraction of sp³-hybridized carbons (Fsp3) is 0.182. The topological polar surface area (TPSA) is 92.0 Å². The van der Waals surface area contributed by atoms with Crippen molar-refractivity contribution in [1.29, 1.82) is 0 Å². The van der Waals surface area contributed by atoms with Gasteiger partial charge < -0.3 is 4.42 Å². The Bertz CT molecular complexity index is 1250. The molecule has 0 aliphatic heterocycles. The van der Waals surface area contributed by atoms with E-state index in [0.29, 0.717) is 27.8 Å². The molecule has 1 heterocycles. The molecule has 0 aliphatic carbocycles. The Labute approximate surface area is 200 Å². The van der Waals surface area contributed by atoms with E-state index < -0.39 is 22.5 Å². The van der Waals surface area contributed by atoms with Crippen LogP contribution in [0.1, 0.15) is 22.6 Å². The predicted octanol–water partition coefficient (Wildman–Crippen LogP) is 4.97. The molecule has 10 heteroatoms. The maximum absolute atomic E-state index is 13.4. The summed E-state index contributed by atoms with van der Waals surface area (Å²) in [5, 5.41) is 4.33. The summed E-state index contributed by atoms with van der Waals surface area (Å²) in [4.78, 5) is 12.7. The third-order valence-electron chi connectivity index (χ3n) is 4.58. The number of carbonyl (C=O) groups is 1. The number of benzene rings is 2. The fourth-order valence-corrected chi connectivity index (χ4v) is 4.93. The minimum atomic E-state index is -4.03. The lowest BCUT2D eigenvalue weighted by atomic mass is 10.2. The van der Waals surface area contributed by atoms with Crippen molar-refractivity contribution in [3.8, 4) is 0 Å². The third-order valence-corrected chi connectivity index (χ3v) is 7.38. The van der Waals surface area contributed by atoms with Gasteiger partial charge in [0.1, 0.15) is 18.1 Å². The number of halogens is 2. The molecule has 0 saturated heterocycles. The zero-order chi connectivity index (χ0) is 23.5. The lowest BCUT2D eigenvalue weighted by Gasteiger charge is -2.25. The average molecular weight is 539 g/mol. The number of hydrazone groups is 1. The smallest absolute Gasteiger partial charge is 0.264 e. The van der Waals surface area contributed by atoms with Gasteiger partial charge in [-0.1, -0.05) is 29.3 Å². The van der Waals surface area contributed by atoms with Gasteiger partial charge in [0.2, 0.25) is 0 Å². The number of hydrogen-bond donors (Lipinski definition) is 1. The normalized spacial score (nSPS) is 11.7. The summed E-state index contributed by atoms with van der Waals surface area (Å²) in [6, 6.07) is 12.9. The molecule has 3 rings (SSSR count). The van der Waals surface area contributed by atoms with Crippen molar-refractivity contribution in [3.05, 3.63) is 80.7 Å². The Morgan fingerprint density at radius 3 is 2.44 bits per heavy atom. The average Bonchev–Trinajstić information content (AvgIpc) is 3.04. The van der Waals surface area contributed by atoms with Crippen LogP contribution >= 0.6 is 27.5 Å². The highest BCUT2D eigenvalue weighted by Crippen LogP contribution is 2.29. The predicted molar refractivity (Wildman–Crippen MR) is 129 cm³/mol. The molecule has 3 aromatic rings. The van der Waals surface area contributed by atoms with Crippen LogP contribution in [-0.4, -0.2) is 27.1 Å². The second kappa shape index (κ2) is 9.89. The van der Waals surface area contributed by atoms with Crippen LogP contribution in [0.2, 0.25) is 5.02 Å². The van der Waals surface area contributed by atoms with Crippen LogP contribution in [0.15, 0.2) is 67.4 Å². The highest BCUT2D eigenvalue weighted by Gasteiger charge is 2.28. The number of anilines is 1. The van der Waals surface area contributed by atoms with Crippen molar-refractivity contribution < 1.29 is 17.6 Å². The zero-order valence-corrected chi connectivity index (χ0v) is 20.8. The van der Waals surface area contributed by atoms with E-state index in [9.17, 15) is 13.2 Å². The zero-order valence-electron chi connectivity index (χ0n) is 17.6. The van der Waals surface area contributed by atoms with Gasteiger partial charge in [0.15, 0.2) is 0 Å². The summed E-state index contributed by atoms with van der Waals surface area (Å²) in [5.41, 5.74) is 4.23. The van der Waals surface area contributed by atoms with E-state index in [1.54, 1.807) is 50.2 Å². The van der Waals surface area contributed by atoms with Crippen molar-refractivity contribution in [2.24, 2.45) is 5.10 Å². The number of rotatable bonds is 7. The molecular formula is C22H21BrClN3O4S. The quantitative estimate of drug-likeness (QED) is 0.340. The minimum absolute atomic E-state index is 0.0738. The monoisotopic (exact) mass is 537 g/mol. The molecule has 32 heavy (non-hydrogen) atoms. The van der Waals surface area contributed by atoms with Gasteiger partial charge in [-0.3, -0.25) is 9.10 Å². The molecule has 0 spiro atoms. The van der Waals surface area contributed by atoms with Crippen molar-refractivity contribution in [3.63, 3.8) is 0 Å². The molecule has 1 N–H and O–H groups in total. The number of nitrogens with zero attached hydrogens (tertiary/aromatic N) is 2. The summed E-state index contributed by atoms with van der Waals surface area (Å²) in [7, 11) is -4.03. The summed E-state index contributed by atoms with van der Waals surface area (Å²) >= 11 is 9.37. The van der Waals surface area contributed by atoms with E-state index in [4.69, 9.17) is 16.0 Å². The molecule has 0 bridgehead atoms. The highest BCUT2D eigenvalue weighted by molar-refractivity contribution is 9.10. The molecule has 7 nitrogen and oxygen atoms in total. The number of nitrogens with one attached hydrogen (secondary N) is 1. The Morgan fingerprint density at radius 1 is 1.16 bits per heavy atom. The number of carbonyl (C=O) groups excluding carboxylic acids is 1. The SMILES string of the molecule is Cc1ccc(S(=O)(=O)N(CC(=O)N/N=C\c2cc(Br)c(C)o2)c2ccc(Cl)cc2C)cc1. The number of furan rings is 1. The molecule has 1 aromatic heterocycles. The Morgan fingerprint density at radius 2 is 1.84 bits per heavy atom. The van der Waals surface area contributed by atoms with E-state index in [1.807, 2.05) is 6.92 Å². The molecule has 0 atom stereocenters. The molecule has 2 aromatic carbocycles. The highest BCUT2D eigenvalue weighted by atomic mass is 79.9. The van der Waals surface area contributed by atoms with E-state index >= 15 is 0 Å². The van der Waals surface area contributed by atoms with Gasteiger partial charge in [-0.05, 0) is 72.6 Å². The van der Waals surface area contributed by atoms with E-state index in [0.717, 1.165) is 14.3 Å². The molecule has 0 fully saturated rings. The number of amides is 1. The van der Waals surface area contributed by atoms with Crippen LogP contribution in [-0.2, 0) is 14.8 Å². The van der Waals surface area contributed by atoms with E-state index in [1.165, 1.54) is 18.3 Å². The lowest BCUT2D eigenvalue weighted by Crippen LogP contribution is -2.40. The van der Waals surface area contributed by atoms with Crippen LogP contribution in [0.4, 0.5) is 5.69 Å². The first-order valence-electron chi connectivity index (χ1n) is 9.51. The van der Waals surface area contributed by atoms with Gasteiger partial charge in [-0.15, -0.1) is 0 Å². The summed E-state index contributed by atoms with van der Waals surface area (Å²) in [6.45, 7) is 4.90. The summed E-state index contributed by atoms with van der Waals surface area (Å²) < 4.78 is 34.1. The minimum Gasteiger partial charge on any atom is -0.459 e. The van der Waals surface area contributed by atoms with Gasteiger partial charge in [0, 0.05) is 11.1 Å². The molecule has 1 amide bonds. The van der Waals surface area contributed by atoms with Gasteiger partial charge in [-0.25, -0.2) is 13.8 Å². The third kappa shape index (κ3) is 5.59. The second-order valence-corrected chi connectivity index (χ2v) is 10.3. The standard InChI is InChI=1S/C22H21BrClN3O4S/c1-14-4-7-19(8-5-14)32(29,30)27(21-9-6-17(24)10-15(21)2)13-22(28)26-25-12-18-11-20(23)16(3)31-18/h4-12H,13H2,1-3H3,(H,26,28)/b25-12-. The number of hydrogen-bond acceptors (Lipinski definition) is 5. The summed E-state index contributed by atoms with van der Waals surface area (Å²) in [6.07, 6.45) is 1.34. The maximum Gasteiger partial charge on any atom is 0.264 e. The largest absolute Gasteiger partial charge is 0.459 e. The van der Waals surface area contributed by atoms with Gasteiger partial charge in [-0.2, -0.15) is 5.10 Å². The lowest BCUT2D eigenvalue weighted by molar-refractivity contribution is -0.119. The molecular weight excluding hydrogens is 518 g/mol. The number of sulfonamides is 1. The number of aryl methyl sites for hydroxylation is 3. The van der Waals surface area contributed by atoms with Crippen molar-refractivity contribution >= 4 is 55.4 Å².